The molecule has 0 aliphatic carbocycles. The molecule has 0 unspecified atom stereocenters. The van der Waals surface area contributed by atoms with Gasteiger partial charge < -0.3 is 4.28 Å². The van der Waals surface area contributed by atoms with Gasteiger partial charge >= 0.3 is 12.5 Å². The van der Waals surface area contributed by atoms with Crippen LogP contribution in [0.3, 0.4) is 0 Å². The Labute approximate surface area is 265 Å². The lowest BCUT2D eigenvalue weighted by atomic mass is 9.27. The highest BCUT2D eigenvalue weighted by molar-refractivity contribution is 9.10. The van der Waals surface area contributed by atoms with Gasteiger partial charge in [0.25, 0.3) is 0 Å². The first kappa shape index (κ1) is 35.5. The molecule has 0 radical (unpaired) electrons. The lowest BCUT2D eigenvalue weighted by molar-refractivity contribution is -0.142. The molecular formula is C32H25BBrF11O. The monoisotopic (exact) mass is 724 g/mol. The molecule has 1 nitrogen and oxygen atoms in total. The van der Waals surface area contributed by atoms with Gasteiger partial charge in [0.15, 0.2) is 0 Å². The first-order valence-electron chi connectivity index (χ1n) is 13.8. The maximum Gasteiger partial charge on any atom is 0.421 e. The van der Waals surface area contributed by atoms with E-state index >= 15 is 13.2 Å². The van der Waals surface area contributed by atoms with Crippen molar-refractivity contribution < 1.29 is 52.6 Å². The van der Waals surface area contributed by atoms with Crippen molar-refractivity contribution >= 4 is 38.7 Å². The highest BCUT2D eigenvalue weighted by Gasteiger charge is 2.53. The number of hydrogen-bond acceptors (Lipinski definition) is 0. The predicted octanol–water partition coefficient (Wildman–Crippen LogP) is 8.51. The fourth-order valence-electron chi connectivity index (χ4n) is 5.84. The third kappa shape index (κ3) is 6.17. The maximum atomic E-state index is 15.8. The van der Waals surface area contributed by atoms with E-state index in [0.717, 1.165) is 38.1 Å². The van der Waals surface area contributed by atoms with Crippen LogP contribution in [0.15, 0.2) is 53.0 Å². The van der Waals surface area contributed by atoms with E-state index in [2.05, 4.69) is 20.2 Å². The molecule has 0 atom stereocenters. The summed E-state index contributed by atoms with van der Waals surface area (Å²) in [5, 5.41) is 0. The van der Waals surface area contributed by atoms with E-state index < -0.39 is 92.1 Å². The molecular weight excluding hydrogens is 700 g/mol. The highest BCUT2D eigenvalue weighted by atomic mass is 79.9. The lowest BCUT2D eigenvalue weighted by Gasteiger charge is -2.47. The standard InChI is InChI=1S/C25H20BF9O.C7H5BrF2/c1-13-18(27)8-5-15(22(13)30)26(36-11-3-4-12-36,16-6-9-19(28)14(2)23(16)31)17-7-10-20(29)21(24(17)32)25(33,34)35;1-4-6(9)3-2-5(8)7(4)10/h5-10H,3-4,11-12H2,1-2H3;2-3H,1H3. The second-order valence-electron chi connectivity index (χ2n) is 10.9. The first-order chi connectivity index (χ1) is 21.5. The van der Waals surface area contributed by atoms with E-state index in [0.29, 0.717) is 29.4 Å². The zero-order valence-corrected chi connectivity index (χ0v) is 26.1. The minimum absolute atomic E-state index is 0.00386. The Hall–Kier alpha value is -3.39. The average molecular weight is 725 g/mol. The molecule has 46 heavy (non-hydrogen) atoms. The van der Waals surface area contributed by atoms with Crippen LogP contribution in [0, 0.1) is 67.3 Å². The Morgan fingerprint density at radius 2 is 0.913 bits per heavy atom. The normalized spacial score (nSPS) is 14.0. The van der Waals surface area contributed by atoms with Crippen LogP contribution in [0.2, 0.25) is 0 Å². The Kier molecular flexibility index (Phi) is 10.3. The zero-order valence-electron chi connectivity index (χ0n) is 24.5. The van der Waals surface area contributed by atoms with Crippen LogP contribution in [-0.4, -0.2) is 19.6 Å². The van der Waals surface area contributed by atoms with E-state index in [9.17, 15) is 35.1 Å². The van der Waals surface area contributed by atoms with Crippen LogP contribution in [0.4, 0.5) is 48.3 Å². The second-order valence-corrected chi connectivity index (χ2v) is 11.7. The number of rotatable bonds is 4. The SMILES string of the molecule is Cc1c(F)ccc(Br)c1F.Cc1c(F)ccc([B-](c2ccc(F)c(C)c2F)(c2ccc(F)c(C(F)(F)F)c2F)[O+]2CCCC2)c1F. The molecule has 1 aliphatic heterocycles. The van der Waals surface area contributed by atoms with Crippen LogP contribution in [-0.2, 0) is 10.5 Å². The smallest absolute Gasteiger partial charge is 0.421 e. The van der Waals surface area contributed by atoms with Gasteiger partial charge in [-0.1, -0.05) is 34.6 Å². The molecule has 4 aromatic carbocycles. The summed E-state index contributed by atoms with van der Waals surface area (Å²) >= 11 is 2.94. The summed E-state index contributed by atoms with van der Waals surface area (Å²) in [7, 11) is 0. The molecule has 14 heteroatoms. The molecule has 5 rings (SSSR count). The molecule has 1 saturated heterocycles. The van der Waals surface area contributed by atoms with Crippen molar-refractivity contribution in [2.45, 2.75) is 39.8 Å². The third-order valence-electron chi connectivity index (χ3n) is 8.25. The van der Waals surface area contributed by atoms with Crippen molar-refractivity contribution in [2.75, 3.05) is 13.2 Å². The van der Waals surface area contributed by atoms with Crippen molar-refractivity contribution in [3.05, 3.63) is 122 Å². The van der Waals surface area contributed by atoms with E-state index in [1.165, 1.54) is 19.1 Å². The van der Waals surface area contributed by atoms with E-state index in [1.807, 2.05) is 0 Å². The molecule has 1 fully saturated rings. The summed E-state index contributed by atoms with van der Waals surface area (Å²) in [5.74, 6) is -9.48. The summed E-state index contributed by atoms with van der Waals surface area (Å²) in [5.41, 5.74) is -5.16. The number of benzene rings is 4. The molecule has 0 spiro atoms. The molecule has 0 amide bonds. The second kappa shape index (κ2) is 13.4. The van der Waals surface area contributed by atoms with Crippen LogP contribution >= 0.6 is 15.9 Å². The minimum atomic E-state index is -5.48. The summed E-state index contributed by atoms with van der Waals surface area (Å²) < 4.78 is 159. The first-order valence-corrected chi connectivity index (χ1v) is 14.6. The van der Waals surface area contributed by atoms with Gasteiger partial charge in [-0.15, -0.1) is 0 Å². The van der Waals surface area contributed by atoms with Crippen LogP contribution in [0.25, 0.3) is 0 Å². The van der Waals surface area contributed by atoms with Crippen molar-refractivity contribution in [3.8, 4) is 0 Å². The molecule has 1 heterocycles. The lowest BCUT2D eigenvalue weighted by Crippen LogP contribution is -2.76. The topological polar surface area (TPSA) is 2.70 Å². The zero-order chi connectivity index (χ0) is 34.3. The Morgan fingerprint density at radius 1 is 0.543 bits per heavy atom. The van der Waals surface area contributed by atoms with Gasteiger partial charge in [-0.25, -0.2) is 35.1 Å². The summed E-state index contributed by atoms with van der Waals surface area (Å²) in [6, 6.07) is 7.11. The number of alkyl halides is 3. The van der Waals surface area contributed by atoms with Gasteiger partial charge in [0.1, 0.15) is 52.1 Å². The number of halogens is 12. The summed E-state index contributed by atoms with van der Waals surface area (Å²) in [6.07, 6.45) is -8.15. The van der Waals surface area contributed by atoms with Gasteiger partial charge in [-0.3, -0.25) is 0 Å². The Bertz CT molecular complexity index is 1700. The van der Waals surface area contributed by atoms with Gasteiger partial charge in [-0.2, -0.15) is 13.2 Å². The Balaban J connectivity index is 0.000000409. The fourth-order valence-corrected chi connectivity index (χ4v) is 6.27. The minimum Gasteiger partial charge on any atom is -0.660 e. The molecule has 4 aromatic rings. The maximum absolute atomic E-state index is 15.8. The number of hydrogen-bond donors (Lipinski definition) is 0. The summed E-state index contributed by atoms with van der Waals surface area (Å²) in [6.45, 7) is 3.54. The van der Waals surface area contributed by atoms with Crippen LogP contribution < -0.4 is 16.4 Å². The summed E-state index contributed by atoms with van der Waals surface area (Å²) in [4.78, 5) is 0. The van der Waals surface area contributed by atoms with Crippen molar-refractivity contribution in [1.29, 1.82) is 0 Å². The highest BCUT2D eigenvalue weighted by Crippen LogP contribution is 2.35. The van der Waals surface area contributed by atoms with E-state index in [-0.39, 0.29) is 18.8 Å². The van der Waals surface area contributed by atoms with Crippen molar-refractivity contribution in [3.63, 3.8) is 0 Å². The van der Waals surface area contributed by atoms with Gasteiger partial charge in [0.2, 0.25) is 0 Å². The van der Waals surface area contributed by atoms with Gasteiger partial charge in [-0.05, 0) is 67.0 Å². The molecule has 1 aliphatic rings. The third-order valence-corrected chi connectivity index (χ3v) is 8.87. The van der Waals surface area contributed by atoms with E-state index in [1.54, 1.807) is 0 Å². The fraction of sp³-hybridized carbons (Fsp3) is 0.250. The quantitative estimate of drug-likeness (QED) is 0.0860. The Morgan fingerprint density at radius 3 is 1.33 bits per heavy atom. The van der Waals surface area contributed by atoms with Crippen LogP contribution in [0.5, 0.6) is 0 Å². The van der Waals surface area contributed by atoms with Gasteiger partial charge in [0, 0.05) is 29.5 Å². The van der Waals surface area contributed by atoms with Crippen molar-refractivity contribution in [1.82, 2.24) is 0 Å². The molecule has 246 valence electrons. The molecule has 0 saturated carbocycles. The van der Waals surface area contributed by atoms with E-state index in [4.69, 9.17) is 0 Å². The molecule has 0 bridgehead atoms. The largest absolute Gasteiger partial charge is 0.660 e. The molecule has 0 aromatic heterocycles. The van der Waals surface area contributed by atoms with Gasteiger partial charge in [0.05, 0.1) is 17.7 Å². The van der Waals surface area contributed by atoms with Crippen LogP contribution in [0.1, 0.15) is 35.1 Å². The van der Waals surface area contributed by atoms with Crippen molar-refractivity contribution in [2.24, 2.45) is 0 Å². The molecule has 0 N–H and O–H groups in total. The average Bonchev–Trinajstić information content (AvgIpc) is 3.53. The predicted molar refractivity (Wildman–Crippen MR) is 157 cm³/mol.